The van der Waals surface area contributed by atoms with Crippen molar-refractivity contribution in [3.63, 3.8) is 0 Å². The van der Waals surface area contributed by atoms with E-state index in [1.165, 1.54) is 12.1 Å². The molecule has 0 bridgehead atoms. The number of H-pyrrole nitrogens is 1. The molecule has 0 aliphatic heterocycles. The SMILES string of the molecule is C=CCn1c(=O)cc(CCC)[nH]c1=O. The summed E-state index contributed by atoms with van der Waals surface area (Å²) in [5.74, 6) is 0. The van der Waals surface area contributed by atoms with Crippen molar-refractivity contribution < 1.29 is 0 Å². The van der Waals surface area contributed by atoms with Gasteiger partial charge in [-0.1, -0.05) is 19.4 Å². The van der Waals surface area contributed by atoms with Crippen LogP contribution in [0.2, 0.25) is 0 Å². The van der Waals surface area contributed by atoms with Crippen molar-refractivity contribution in [1.29, 1.82) is 0 Å². The Kier molecular flexibility index (Phi) is 3.45. The molecule has 1 aromatic rings. The standard InChI is InChI=1S/C10H14N2O2/c1-3-5-8-7-9(13)12(6-4-2)10(14)11-8/h4,7H,2-3,5-6H2,1H3,(H,11,14). The number of nitrogens with one attached hydrogen (secondary N) is 1. The highest BCUT2D eigenvalue weighted by molar-refractivity contribution is 5.00. The maximum absolute atomic E-state index is 11.4. The highest BCUT2D eigenvalue weighted by atomic mass is 16.2. The van der Waals surface area contributed by atoms with Crippen LogP contribution in [0.1, 0.15) is 19.0 Å². The fourth-order valence-electron chi connectivity index (χ4n) is 1.27. The summed E-state index contributed by atoms with van der Waals surface area (Å²) in [6.45, 7) is 5.73. The first-order valence-electron chi connectivity index (χ1n) is 4.63. The zero-order chi connectivity index (χ0) is 10.6. The number of hydrogen-bond donors (Lipinski definition) is 1. The minimum Gasteiger partial charge on any atom is -0.311 e. The molecule has 0 aliphatic rings. The predicted octanol–water partition coefficient (Wildman–Crippen LogP) is 0.675. The van der Waals surface area contributed by atoms with Crippen LogP contribution < -0.4 is 11.2 Å². The van der Waals surface area contributed by atoms with Crippen LogP contribution in [0, 0.1) is 0 Å². The third kappa shape index (κ3) is 2.22. The van der Waals surface area contributed by atoms with Gasteiger partial charge in [0.25, 0.3) is 5.56 Å². The molecular weight excluding hydrogens is 180 g/mol. The molecule has 0 saturated carbocycles. The molecule has 1 rings (SSSR count). The van der Waals surface area contributed by atoms with E-state index in [1.54, 1.807) is 0 Å². The second kappa shape index (κ2) is 4.60. The predicted molar refractivity (Wildman–Crippen MR) is 55.5 cm³/mol. The summed E-state index contributed by atoms with van der Waals surface area (Å²) in [4.78, 5) is 25.5. The van der Waals surface area contributed by atoms with E-state index in [2.05, 4.69) is 11.6 Å². The minimum absolute atomic E-state index is 0.251. The Hall–Kier alpha value is -1.58. The highest BCUT2D eigenvalue weighted by Crippen LogP contribution is 1.91. The molecule has 0 atom stereocenters. The van der Waals surface area contributed by atoms with Crippen molar-refractivity contribution in [2.75, 3.05) is 0 Å². The van der Waals surface area contributed by atoms with E-state index in [0.717, 1.165) is 17.4 Å². The van der Waals surface area contributed by atoms with Gasteiger partial charge in [0, 0.05) is 18.3 Å². The first kappa shape index (κ1) is 10.5. The van der Waals surface area contributed by atoms with E-state index in [9.17, 15) is 9.59 Å². The maximum Gasteiger partial charge on any atom is 0.328 e. The average molecular weight is 194 g/mol. The molecule has 1 heterocycles. The van der Waals surface area contributed by atoms with Gasteiger partial charge >= 0.3 is 5.69 Å². The molecule has 1 N–H and O–H groups in total. The Morgan fingerprint density at radius 3 is 2.79 bits per heavy atom. The summed E-state index contributed by atoms with van der Waals surface area (Å²) in [7, 11) is 0. The number of nitrogens with zero attached hydrogens (tertiary/aromatic N) is 1. The van der Waals surface area contributed by atoms with Crippen LogP contribution in [-0.4, -0.2) is 9.55 Å². The molecule has 14 heavy (non-hydrogen) atoms. The van der Waals surface area contributed by atoms with Gasteiger partial charge in [0.1, 0.15) is 0 Å². The summed E-state index contributed by atoms with van der Waals surface area (Å²) in [6, 6.07) is 1.47. The van der Waals surface area contributed by atoms with Crippen molar-refractivity contribution in [3.05, 3.63) is 45.3 Å². The molecular formula is C10H14N2O2. The summed E-state index contributed by atoms with van der Waals surface area (Å²) in [5.41, 5.74) is 0.0702. The van der Waals surface area contributed by atoms with Crippen LogP contribution in [0.3, 0.4) is 0 Å². The summed E-state index contributed by atoms with van der Waals surface area (Å²) in [5, 5.41) is 0. The van der Waals surface area contributed by atoms with Crippen molar-refractivity contribution >= 4 is 0 Å². The van der Waals surface area contributed by atoms with E-state index < -0.39 is 0 Å². The molecule has 4 heteroatoms. The lowest BCUT2D eigenvalue weighted by atomic mass is 10.2. The molecule has 0 fully saturated rings. The quantitative estimate of drug-likeness (QED) is 0.716. The van der Waals surface area contributed by atoms with Gasteiger partial charge in [0.15, 0.2) is 0 Å². The molecule has 0 aliphatic carbocycles. The zero-order valence-electron chi connectivity index (χ0n) is 8.25. The van der Waals surface area contributed by atoms with E-state index in [-0.39, 0.29) is 17.8 Å². The van der Waals surface area contributed by atoms with Crippen LogP contribution in [0.4, 0.5) is 0 Å². The first-order chi connectivity index (χ1) is 6.69. The summed E-state index contributed by atoms with van der Waals surface area (Å²) in [6.07, 6.45) is 3.15. The second-order valence-electron chi connectivity index (χ2n) is 3.09. The smallest absolute Gasteiger partial charge is 0.311 e. The molecule has 0 spiro atoms. The van der Waals surface area contributed by atoms with Crippen LogP contribution >= 0.6 is 0 Å². The summed E-state index contributed by atoms with van der Waals surface area (Å²) < 4.78 is 1.12. The molecule has 76 valence electrons. The number of rotatable bonds is 4. The Morgan fingerprint density at radius 2 is 2.29 bits per heavy atom. The fourth-order valence-corrected chi connectivity index (χ4v) is 1.27. The lowest BCUT2D eigenvalue weighted by Gasteiger charge is -2.02. The fraction of sp³-hybridized carbons (Fsp3) is 0.400. The monoisotopic (exact) mass is 194 g/mol. The average Bonchev–Trinajstić information content (AvgIpc) is 2.12. The van der Waals surface area contributed by atoms with Crippen LogP contribution in [-0.2, 0) is 13.0 Å². The van der Waals surface area contributed by atoms with Gasteiger partial charge in [-0.05, 0) is 6.42 Å². The van der Waals surface area contributed by atoms with E-state index in [1.807, 2.05) is 6.92 Å². The van der Waals surface area contributed by atoms with Crippen LogP contribution in [0.15, 0.2) is 28.3 Å². The van der Waals surface area contributed by atoms with Crippen molar-refractivity contribution in [2.45, 2.75) is 26.3 Å². The lowest BCUT2D eigenvalue weighted by molar-refractivity contribution is 0.695. The zero-order valence-corrected chi connectivity index (χ0v) is 8.25. The van der Waals surface area contributed by atoms with E-state index in [0.29, 0.717) is 5.69 Å². The molecule has 0 unspecified atom stereocenters. The molecule has 0 saturated heterocycles. The number of aromatic amines is 1. The molecule has 0 amide bonds. The Bertz CT molecular complexity index is 397. The number of allylic oxidation sites excluding steroid dienone is 1. The van der Waals surface area contributed by atoms with Crippen LogP contribution in [0.5, 0.6) is 0 Å². The Labute approximate surface area is 81.9 Å². The molecule has 0 aromatic carbocycles. The highest BCUT2D eigenvalue weighted by Gasteiger charge is 2.01. The van der Waals surface area contributed by atoms with Crippen molar-refractivity contribution in [1.82, 2.24) is 9.55 Å². The summed E-state index contributed by atoms with van der Waals surface area (Å²) >= 11 is 0. The van der Waals surface area contributed by atoms with Gasteiger partial charge in [-0.2, -0.15) is 0 Å². The van der Waals surface area contributed by atoms with Crippen molar-refractivity contribution in [3.8, 4) is 0 Å². The minimum atomic E-state index is -0.360. The normalized spacial score (nSPS) is 10.1. The molecule has 4 nitrogen and oxygen atoms in total. The molecule has 1 aromatic heterocycles. The van der Waals surface area contributed by atoms with Gasteiger partial charge < -0.3 is 4.98 Å². The third-order valence-corrected chi connectivity index (χ3v) is 1.91. The van der Waals surface area contributed by atoms with Gasteiger partial charge in [-0.15, -0.1) is 6.58 Å². The van der Waals surface area contributed by atoms with Gasteiger partial charge in [0.05, 0.1) is 0 Å². The first-order valence-corrected chi connectivity index (χ1v) is 4.63. The molecule has 0 radical (unpaired) electrons. The Balaban J connectivity index is 3.18. The third-order valence-electron chi connectivity index (χ3n) is 1.91. The topological polar surface area (TPSA) is 54.9 Å². The van der Waals surface area contributed by atoms with Crippen molar-refractivity contribution in [2.24, 2.45) is 0 Å². The van der Waals surface area contributed by atoms with Gasteiger partial charge in [-0.25, -0.2) is 4.79 Å². The van der Waals surface area contributed by atoms with Gasteiger partial charge in [-0.3, -0.25) is 9.36 Å². The lowest BCUT2D eigenvalue weighted by Crippen LogP contribution is -2.35. The van der Waals surface area contributed by atoms with E-state index in [4.69, 9.17) is 0 Å². The second-order valence-corrected chi connectivity index (χ2v) is 3.09. The van der Waals surface area contributed by atoms with Gasteiger partial charge in [0.2, 0.25) is 0 Å². The van der Waals surface area contributed by atoms with E-state index >= 15 is 0 Å². The number of hydrogen-bond acceptors (Lipinski definition) is 2. The number of aryl methyl sites for hydroxylation is 1. The van der Waals surface area contributed by atoms with Crippen LogP contribution in [0.25, 0.3) is 0 Å². The maximum atomic E-state index is 11.4. The number of aromatic nitrogens is 2. The Morgan fingerprint density at radius 1 is 1.57 bits per heavy atom. The largest absolute Gasteiger partial charge is 0.328 e.